The van der Waals surface area contributed by atoms with Gasteiger partial charge in [-0.3, -0.25) is 0 Å². The first kappa shape index (κ1) is 35.1. The number of hydrogen-bond acceptors (Lipinski definition) is 4. The van der Waals surface area contributed by atoms with Crippen molar-refractivity contribution in [1.82, 2.24) is 0 Å². The van der Waals surface area contributed by atoms with Crippen LogP contribution < -0.4 is 35.3 Å². The zero-order chi connectivity index (χ0) is 39.2. The molecule has 11 rings (SSSR count). The Bertz CT molecular complexity index is 2670. The number of fused-ring (bicyclic) bond motifs is 4. The minimum absolute atomic E-state index is 0.825. The van der Waals surface area contributed by atoms with Crippen LogP contribution in [0.2, 0.25) is 0 Å². The number of rotatable bonds is 7. The second-order valence-electron chi connectivity index (χ2n) is 15.1. The van der Waals surface area contributed by atoms with E-state index in [1.807, 2.05) is 23.9 Å². The molecule has 0 aromatic heterocycles. The first-order valence-corrected chi connectivity index (χ1v) is 23.3. The van der Waals surface area contributed by atoms with Gasteiger partial charge in [-0.1, -0.05) is 0 Å². The van der Waals surface area contributed by atoms with E-state index >= 15 is 0 Å². The SMILES string of the molecule is c1ccc([SiH-](c2ccccc2)(c2ccccc2)c2cccc(-c3c(N4c5ccccc5Oc5ccccc54)cccc3N3c4ccccc4Sc4ccccc43)c2)cc1. The van der Waals surface area contributed by atoms with Gasteiger partial charge in [0.1, 0.15) is 0 Å². The van der Waals surface area contributed by atoms with Crippen LogP contribution in [0.15, 0.2) is 240 Å². The Morgan fingerprint density at radius 3 is 1.20 bits per heavy atom. The van der Waals surface area contributed by atoms with Crippen LogP contribution >= 0.6 is 11.8 Å². The van der Waals surface area contributed by atoms with Crippen molar-refractivity contribution < 1.29 is 4.74 Å². The van der Waals surface area contributed by atoms with Crippen LogP contribution in [0.3, 0.4) is 0 Å². The van der Waals surface area contributed by atoms with E-state index in [1.165, 1.54) is 30.5 Å². The molecular formula is C54H39N2OSSi-. The Kier molecular flexibility index (Phi) is 8.76. The third kappa shape index (κ3) is 5.81. The van der Waals surface area contributed by atoms with Crippen LogP contribution in [-0.2, 0) is 0 Å². The molecule has 0 fully saturated rings. The van der Waals surface area contributed by atoms with Crippen molar-refractivity contribution in [2.75, 3.05) is 9.80 Å². The number of para-hydroxylation sites is 6. The summed E-state index contributed by atoms with van der Waals surface area (Å²) in [7, 11) is -3.31. The third-order valence-electron chi connectivity index (χ3n) is 11.9. The minimum atomic E-state index is -3.31. The molecule has 5 heteroatoms. The topological polar surface area (TPSA) is 15.7 Å². The van der Waals surface area contributed by atoms with E-state index in [4.69, 9.17) is 4.74 Å². The van der Waals surface area contributed by atoms with Crippen LogP contribution in [0.5, 0.6) is 11.5 Å². The molecule has 0 atom stereocenters. The predicted molar refractivity (Wildman–Crippen MR) is 250 cm³/mol. The van der Waals surface area contributed by atoms with Gasteiger partial charge in [-0.15, -0.1) is 0 Å². The molecule has 0 bridgehead atoms. The summed E-state index contributed by atoms with van der Waals surface area (Å²) in [5.41, 5.74) is 8.79. The van der Waals surface area contributed by atoms with E-state index < -0.39 is 8.07 Å². The van der Waals surface area contributed by atoms with Crippen molar-refractivity contribution in [2.24, 2.45) is 0 Å². The fourth-order valence-corrected chi connectivity index (χ4v) is 16.1. The normalized spacial score (nSPS) is 13.0. The van der Waals surface area contributed by atoms with Crippen LogP contribution in [0, 0.1) is 0 Å². The quantitative estimate of drug-likeness (QED) is 0.118. The fourth-order valence-electron chi connectivity index (χ4n) is 9.47. The summed E-state index contributed by atoms with van der Waals surface area (Å²) in [6.07, 6.45) is 0. The molecule has 0 saturated carbocycles. The van der Waals surface area contributed by atoms with Gasteiger partial charge >= 0.3 is 352 Å². The molecule has 2 aliphatic heterocycles. The Labute approximate surface area is 350 Å². The van der Waals surface area contributed by atoms with E-state index in [9.17, 15) is 0 Å². The Hall–Kier alpha value is -7.05. The monoisotopic (exact) mass is 791 g/mol. The van der Waals surface area contributed by atoms with Crippen LogP contribution in [-0.4, -0.2) is 8.07 Å². The molecular weight excluding hydrogens is 753 g/mol. The zero-order valence-corrected chi connectivity index (χ0v) is 34.2. The molecule has 2 heterocycles. The Morgan fingerprint density at radius 2 is 0.695 bits per heavy atom. The summed E-state index contributed by atoms with van der Waals surface area (Å²) in [6.45, 7) is 0. The Morgan fingerprint density at radius 1 is 0.322 bits per heavy atom. The molecule has 3 nitrogen and oxygen atoms in total. The Balaban J connectivity index is 1.24. The molecule has 282 valence electrons. The van der Waals surface area contributed by atoms with Gasteiger partial charge in [0.15, 0.2) is 0 Å². The van der Waals surface area contributed by atoms with Crippen molar-refractivity contribution in [3.05, 3.63) is 231 Å². The zero-order valence-electron chi connectivity index (χ0n) is 32.2. The van der Waals surface area contributed by atoms with Gasteiger partial charge in [-0.2, -0.15) is 0 Å². The van der Waals surface area contributed by atoms with Gasteiger partial charge in [-0.25, -0.2) is 0 Å². The maximum atomic E-state index is 6.58. The molecule has 59 heavy (non-hydrogen) atoms. The molecule has 9 aromatic carbocycles. The van der Waals surface area contributed by atoms with E-state index in [1.54, 1.807) is 0 Å². The molecule has 0 saturated heterocycles. The third-order valence-corrected chi connectivity index (χ3v) is 18.6. The van der Waals surface area contributed by atoms with Gasteiger partial charge in [0.25, 0.3) is 0 Å². The number of anilines is 6. The molecule has 9 aromatic rings. The summed E-state index contributed by atoms with van der Waals surface area (Å²) in [5.74, 6) is 1.65. The summed E-state index contributed by atoms with van der Waals surface area (Å²) in [6, 6.07) is 84.3. The van der Waals surface area contributed by atoms with Crippen molar-refractivity contribution in [3.8, 4) is 22.6 Å². The van der Waals surface area contributed by atoms with Gasteiger partial charge in [0.2, 0.25) is 0 Å². The summed E-state index contributed by atoms with van der Waals surface area (Å²) in [4.78, 5) is 7.32. The van der Waals surface area contributed by atoms with Crippen molar-refractivity contribution in [3.63, 3.8) is 0 Å². The molecule has 0 N–H and O–H groups in total. The maximum absolute atomic E-state index is 6.58. The van der Waals surface area contributed by atoms with Gasteiger partial charge < -0.3 is 0 Å². The first-order chi connectivity index (χ1) is 29.3. The second-order valence-corrected chi connectivity index (χ2v) is 20.6. The van der Waals surface area contributed by atoms with Gasteiger partial charge in [-0.05, 0) is 0 Å². The van der Waals surface area contributed by atoms with E-state index in [0.29, 0.717) is 0 Å². The van der Waals surface area contributed by atoms with Crippen molar-refractivity contribution in [2.45, 2.75) is 9.79 Å². The standard InChI is InChI=1S/C54H39N2OSSi/c1-4-21-40(22-5-1)59(41-23-6-2-7-24-41,42-25-8-3-9-26-42)43-27-18-20-39(38-43)54-48(55-44-28-10-14-34-50(44)57-51-35-15-11-29-45(51)55)32-19-33-49(54)56-46-30-12-16-36-52(46)58-53-37-17-13-31-47(53)56/h1-38,59H/q-1. The number of hydrogen-bond donors (Lipinski definition) is 0. The predicted octanol–water partition coefficient (Wildman–Crippen LogP) is 12.0. The number of benzene rings is 9. The molecule has 0 spiro atoms. The molecule has 0 amide bonds. The van der Waals surface area contributed by atoms with E-state index in [2.05, 4.69) is 228 Å². The average Bonchev–Trinajstić information content (AvgIpc) is 3.31. The van der Waals surface area contributed by atoms with Crippen LogP contribution in [0.4, 0.5) is 34.1 Å². The summed E-state index contributed by atoms with van der Waals surface area (Å²) >= 11 is 1.83. The van der Waals surface area contributed by atoms with Gasteiger partial charge in [0, 0.05) is 0 Å². The molecule has 2 aliphatic rings. The van der Waals surface area contributed by atoms with Crippen LogP contribution in [0.25, 0.3) is 11.1 Å². The van der Waals surface area contributed by atoms with E-state index in [-0.39, 0.29) is 0 Å². The summed E-state index contributed by atoms with van der Waals surface area (Å²) < 4.78 is 6.58. The van der Waals surface area contributed by atoms with Crippen molar-refractivity contribution >= 4 is 74.7 Å². The summed E-state index contributed by atoms with van der Waals surface area (Å²) in [5, 5.41) is 5.46. The number of nitrogens with zero attached hydrogens (tertiary/aromatic N) is 2. The van der Waals surface area contributed by atoms with Gasteiger partial charge in [0.05, 0.1) is 0 Å². The molecule has 0 unspecified atom stereocenters. The average molecular weight is 792 g/mol. The fraction of sp³-hybridized carbons (Fsp3) is 0. The van der Waals surface area contributed by atoms with E-state index in [0.717, 1.165) is 56.8 Å². The molecule has 0 aliphatic carbocycles. The first-order valence-electron chi connectivity index (χ1n) is 20.2. The molecule has 0 radical (unpaired) electrons. The second kappa shape index (κ2) is 14.7. The van der Waals surface area contributed by atoms with Crippen LogP contribution in [0.1, 0.15) is 0 Å². The number of ether oxygens (including phenoxy) is 1. The van der Waals surface area contributed by atoms with Crippen molar-refractivity contribution in [1.29, 1.82) is 0 Å².